The van der Waals surface area contributed by atoms with Crippen LogP contribution in [0.3, 0.4) is 0 Å². The van der Waals surface area contributed by atoms with Gasteiger partial charge in [0, 0.05) is 11.8 Å². The molecule has 0 spiro atoms. The van der Waals surface area contributed by atoms with E-state index in [1.54, 1.807) is 6.20 Å². The van der Waals surface area contributed by atoms with Crippen molar-refractivity contribution in [1.29, 1.82) is 0 Å². The molecule has 0 saturated heterocycles. The van der Waals surface area contributed by atoms with Crippen molar-refractivity contribution in [3.05, 3.63) is 78.0 Å². The van der Waals surface area contributed by atoms with Gasteiger partial charge < -0.3 is 0 Å². The number of rotatable bonds is 3. The quantitative estimate of drug-likeness (QED) is 0.576. The van der Waals surface area contributed by atoms with Crippen LogP contribution in [0.4, 0.5) is 0 Å². The zero-order chi connectivity index (χ0) is 11.9. The van der Waals surface area contributed by atoms with Crippen molar-refractivity contribution in [2.75, 3.05) is 0 Å². The fourth-order valence-corrected chi connectivity index (χ4v) is 1.69. The zero-order valence-corrected chi connectivity index (χ0v) is 10.0. The maximum Gasteiger partial charge on any atom is 0.0634 e. The third-order valence-corrected chi connectivity index (χ3v) is 2.52. The third-order valence-electron chi connectivity index (χ3n) is 2.42. The molecule has 0 radical (unpaired) electrons. The van der Waals surface area contributed by atoms with E-state index in [4.69, 9.17) is 0 Å². The van der Waals surface area contributed by atoms with Gasteiger partial charge in [-0.05, 0) is 23.3 Å². The van der Waals surface area contributed by atoms with Gasteiger partial charge in [-0.1, -0.05) is 60.7 Å². The Bertz CT molecular complexity index is 510. The smallest absolute Gasteiger partial charge is 0.0634 e. The van der Waals surface area contributed by atoms with Gasteiger partial charge >= 0.3 is 0 Å². The van der Waals surface area contributed by atoms with E-state index in [1.807, 2.05) is 36.4 Å². The van der Waals surface area contributed by atoms with Crippen molar-refractivity contribution >= 4 is 23.0 Å². The molecule has 0 amide bonds. The van der Waals surface area contributed by atoms with Crippen molar-refractivity contribution in [1.82, 2.24) is 0 Å². The van der Waals surface area contributed by atoms with E-state index in [0.29, 0.717) is 0 Å². The highest BCUT2D eigenvalue weighted by molar-refractivity contribution is 7.78. The molecule has 0 atom stereocenters. The summed E-state index contributed by atoms with van der Waals surface area (Å²) < 4.78 is 0. The molecule has 0 bridgehead atoms. The first kappa shape index (κ1) is 11.5. The summed E-state index contributed by atoms with van der Waals surface area (Å²) in [6.07, 6.45) is 1.75. The highest BCUT2D eigenvalue weighted by Gasteiger charge is 2.02. The highest BCUT2D eigenvalue weighted by atomic mass is 32.1. The Balaban J connectivity index is 2.51. The van der Waals surface area contributed by atoms with Crippen molar-refractivity contribution in [2.24, 2.45) is 4.99 Å². The summed E-state index contributed by atoms with van der Waals surface area (Å²) >= 11 is 4.61. The first-order valence-corrected chi connectivity index (χ1v) is 5.70. The summed E-state index contributed by atoms with van der Waals surface area (Å²) in [7, 11) is 0. The topological polar surface area (TPSA) is 12.4 Å². The van der Waals surface area contributed by atoms with Gasteiger partial charge in [-0.3, -0.25) is 0 Å². The number of isothiocyanates is 1. The third kappa shape index (κ3) is 2.97. The normalized spacial score (nSPS) is 9.18. The number of aliphatic imine (C=N–C) groups is 1. The minimum absolute atomic E-state index is 1.04. The molecule has 2 aromatic carbocycles. The maximum atomic E-state index is 4.61. The second-order valence-electron chi connectivity index (χ2n) is 3.50. The lowest BCUT2D eigenvalue weighted by molar-refractivity contribution is 1.50. The second kappa shape index (κ2) is 5.90. The molecule has 0 aliphatic rings. The Morgan fingerprint density at radius 1 is 0.882 bits per heavy atom. The number of benzene rings is 2. The van der Waals surface area contributed by atoms with Crippen LogP contribution in [-0.4, -0.2) is 5.16 Å². The molecule has 0 unspecified atom stereocenters. The van der Waals surface area contributed by atoms with E-state index < -0.39 is 0 Å². The van der Waals surface area contributed by atoms with E-state index in [2.05, 4.69) is 46.6 Å². The van der Waals surface area contributed by atoms with Gasteiger partial charge in [0.15, 0.2) is 0 Å². The van der Waals surface area contributed by atoms with Crippen LogP contribution in [0, 0.1) is 0 Å². The Morgan fingerprint density at radius 2 is 1.35 bits per heavy atom. The van der Waals surface area contributed by atoms with Crippen LogP contribution in [-0.2, 0) is 0 Å². The zero-order valence-electron chi connectivity index (χ0n) is 9.21. The average molecular weight is 237 g/mol. The molecule has 0 fully saturated rings. The Hall–Kier alpha value is -2.02. The Labute approximate surface area is 106 Å². The van der Waals surface area contributed by atoms with E-state index in [1.165, 1.54) is 0 Å². The average Bonchev–Trinajstić information content (AvgIpc) is 2.42. The summed E-state index contributed by atoms with van der Waals surface area (Å²) in [4.78, 5) is 3.93. The predicted octanol–water partition coefficient (Wildman–Crippen LogP) is 4.18. The van der Waals surface area contributed by atoms with Gasteiger partial charge in [0.2, 0.25) is 0 Å². The van der Waals surface area contributed by atoms with Crippen molar-refractivity contribution < 1.29 is 0 Å². The molecule has 82 valence electrons. The summed E-state index contributed by atoms with van der Waals surface area (Å²) in [5.41, 5.74) is 3.28. The van der Waals surface area contributed by atoms with Crippen LogP contribution in [0.5, 0.6) is 0 Å². The molecule has 0 aromatic heterocycles. The molecule has 0 heterocycles. The van der Waals surface area contributed by atoms with Crippen LogP contribution in [0.15, 0.2) is 71.9 Å². The van der Waals surface area contributed by atoms with Crippen molar-refractivity contribution in [3.63, 3.8) is 0 Å². The van der Waals surface area contributed by atoms with E-state index in [0.717, 1.165) is 16.7 Å². The molecule has 1 nitrogen and oxygen atoms in total. The van der Waals surface area contributed by atoms with E-state index >= 15 is 0 Å². The van der Waals surface area contributed by atoms with Crippen LogP contribution < -0.4 is 0 Å². The van der Waals surface area contributed by atoms with Crippen molar-refractivity contribution in [3.8, 4) is 0 Å². The van der Waals surface area contributed by atoms with Crippen LogP contribution in [0.1, 0.15) is 11.1 Å². The first-order valence-electron chi connectivity index (χ1n) is 5.30. The lowest BCUT2D eigenvalue weighted by Crippen LogP contribution is -1.86. The van der Waals surface area contributed by atoms with Crippen LogP contribution in [0.2, 0.25) is 0 Å². The van der Waals surface area contributed by atoms with Crippen LogP contribution >= 0.6 is 12.2 Å². The molecule has 17 heavy (non-hydrogen) atoms. The van der Waals surface area contributed by atoms with Gasteiger partial charge in [-0.25, -0.2) is 4.99 Å². The van der Waals surface area contributed by atoms with Crippen LogP contribution in [0.25, 0.3) is 5.57 Å². The SMILES string of the molecule is S=C=NC=C(c1ccccc1)c1ccccc1. The number of hydrogen-bond acceptors (Lipinski definition) is 2. The maximum absolute atomic E-state index is 4.61. The Morgan fingerprint density at radius 3 is 1.76 bits per heavy atom. The minimum atomic E-state index is 1.04. The van der Waals surface area contributed by atoms with Gasteiger partial charge in [0.25, 0.3) is 0 Å². The monoisotopic (exact) mass is 237 g/mol. The highest BCUT2D eigenvalue weighted by Crippen LogP contribution is 2.22. The van der Waals surface area contributed by atoms with Gasteiger partial charge in [-0.2, -0.15) is 0 Å². The first-order chi connectivity index (χ1) is 8.42. The molecule has 0 saturated carbocycles. The second-order valence-corrected chi connectivity index (χ2v) is 3.68. The van der Waals surface area contributed by atoms with Crippen molar-refractivity contribution in [2.45, 2.75) is 0 Å². The number of thiocarbonyl (C=S) groups is 1. The fourth-order valence-electron chi connectivity index (χ4n) is 1.64. The summed E-state index contributed by atoms with van der Waals surface area (Å²) in [6.45, 7) is 0. The molecule has 0 aliphatic heterocycles. The molecule has 0 aliphatic carbocycles. The lowest BCUT2D eigenvalue weighted by atomic mass is 9.99. The molecular formula is C15H11NS. The fraction of sp³-hybridized carbons (Fsp3) is 0. The molecule has 0 N–H and O–H groups in total. The summed E-state index contributed by atoms with van der Waals surface area (Å²) in [5.74, 6) is 0. The predicted molar refractivity (Wildman–Crippen MR) is 75.0 cm³/mol. The summed E-state index contributed by atoms with van der Waals surface area (Å²) in [5, 5.41) is 2.37. The Kier molecular flexibility index (Phi) is 3.98. The lowest BCUT2D eigenvalue weighted by Gasteiger charge is -2.06. The van der Waals surface area contributed by atoms with E-state index in [-0.39, 0.29) is 0 Å². The molecule has 2 heteroatoms. The largest absolute Gasteiger partial charge is 0.202 e. The minimum Gasteiger partial charge on any atom is -0.202 e. The summed E-state index contributed by atoms with van der Waals surface area (Å²) in [6, 6.07) is 20.2. The van der Waals surface area contributed by atoms with E-state index in [9.17, 15) is 0 Å². The standard InChI is InChI=1S/C15H11NS/c17-12-16-11-15(13-7-3-1-4-8-13)14-9-5-2-6-10-14/h1-11H. The van der Waals surface area contributed by atoms with Gasteiger partial charge in [-0.15, -0.1) is 0 Å². The molecule has 2 aromatic rings. The molecule has 2 rings (SSSR count). The molecular weight excluding hydrogens is 226 g/mol. The van der Waals surface area contributed by atoms with Gasteiger partial charge in [0.1, 0.15) is 0 Å². The number of nitrogens with zero attached hydrogens (tertiary/aromatic N) is 1. The number of hydrogen-bond donors (Lipinski definition) is 0. The van der Waals surface area contributed by atoms with Gasteiger partial charge in [0.05, 0.1) is 5.16 Å².